The fourth-order valence-corrected chi connectivity index (χ4v) is 2.81. The first-order chi connectivity index (χ1) is 13.7. The minimum atomic E-state index is -1.31. The van der Waals surface area contributed by atoms with Gasteiger partial charge in [0.1, 0.15) is 0 Å². The van der Waals surface area contributed by atoms with Gasteiger partial charge in [0, 0.05) is 25.7 Å². The minimum Gasteiger partial charge on any atom is -0.419 e. The lowest BCUT2D eigenvalue weighted by molar-refractivity contribution is -0.222. The van der Waals surface area contributed by atoms with Crippen molar-refractivity contribution in [1.82, 2.24) is 0 Å². The molecular weight excluding hydrogens is 372 g/mol. The molecule has 7 nitrogen and oxygen atoms in total. The summed E-state index contributed by atoms with van der Waals surface area (Å²) in [5.74, 6) is -3.23. The first-order valence-corrected chi connectivity index (χ1v) is 9.08. The second-order valence-electron chi connectivity index (χ2n) is 7.13. The number of rotatable bonds is 4. The zero-order valence-corrected chi connectivity index (χ0v) is 16.7. The van der Waals surface area contributed by atoms with E-state index in [0.717, 1.165) is 11.1 Å². The van der Waals surface area contributed by atoms with E-state index in [2.05, 4.69) is 10.6 Å². The van der Waals surface area contributed by atoms with Crippen LogP contribution in [0.2, 0.25) is 0 Å². The van der Waals surface area contributed by atoms with Crippen LogP contribution in [-0.4, -0.2) is 23.6 Å². The molecule has 1 amide bonds. The van der Waals surface area contributed by atoms with Crippen LogP contribution in [0.1, 0.15) is 35.3 Å². The molecule has 0 saturated carbocycles. The summed E-state index contributed by atoms with van der Waals surface area (Å²) in [4.78, 5) is 36.9. The Morgan fingerprint density at radius 1 is 0.931 bits per heavy atom. The van der Waals surface area contributed by atoms with Gasteiger partial charge in [0.25, 0.3) is 11.7 Å². The SMILES string of the molecule is Cc1cccc(NC(=O)c2ccccc2NC=C2C(=O)OC(C)(C)OC2=O)c1C. The highest BCUT2D eigenvalue weighted by Gasteiger charge is 2.39. The van der Waals surface area contributed by atoms with Crippen LogP contribution < -0.4 is 10.6 Å². The van der Waals surface area contributed by atoms with Crippen molar-refractivity contribution < 1.29 is 23.9 Å². The standard InChI is InChI=1S/C22H22N2O5/c1-13-8-7-11-17(14(13)2)24-19(25)15-9-5-6-10-18(15)23-12-16-20(26)28-22(3,4)29-21(16)27/h5-12,23H,1-4H3,(H,24,25). The van der Waals surface area contributed by atoms with Gasteiger partial charge in [-0.25, -0.2) is 9.59 Å². The lowest BCUT2D eigenvalue weighted by Crippen LogP contribution is -2.42. The van der Waals surface area contributed by atoms with Crippen molar-refractivity contribution in [3.8, 4) is 0 Å². The summed E-state index contributed by atoms with van der Waals surface area (Å²) >= 11 is 0. The molecule has 0 aromatic heterocycles. The number of hydrogen-bond acceptors (Lipinski definition) is 6. The molecule has 0 unspecified atom stereocenters. The summed E-state index contributed by atoms with van der Waals surface area (Å²) in [5, 5.41) is 5.73. The molecule has 0 aliphatic carbocycles. The van der Waals surface area contributed by atoms with E-state index < -0.39 is 17.7 Å². The zero-order valence-electron chi connectivity index (χ0n) is 16.7. The van der Waals surface area contributed by atoms with E-state index in [1.54, 1.807) is 24.3 Å². The van der Waals surface area contributed by atoms with Crippen LogP contribution in [0.15, 0.2) is 54.2 Å². The molecule has 0 radical (unpaired) electrons. The fraction of sp³-hybridized carbons (Fsp3) is 0.227. The molecule has 0 spiro atoms. The van der Waals surface area contributed by atoms with Crippen molar-refractivity contribution in [1.29, 1.82) is 0 Å². The first-order valence-electron chi connectivity index (χ1n) is 9.08. The van der Waals surface area contributed by atoms with E-state index in [-0.39, 0.29) is 11.5 Å². The van der Waals surface area contributed by atoms with Gasteiger partial charge in [-0.2, -0.15) is 0 Å². The summed E-state index contributed by atoms with van der Waals surface area (Å²) in [6.45, 7) is 6.84. The third-order valence-corrected chi connectivity index (χ3v) is 4.51. The number of esters is 2. The molecule has 1 aliphatic heterocycles. The van der Waals surface area contributed by atoms with Crippen LogP contribution >= 0.6 is 0 Å². The number of para-hydroxylation sites is 1. The van der Waals surface area contributed by atoms with Crippen molar-refractivity contribution in [3.63, 3.8) is 0 Å². The van der Waals surface area contributed by atoms with Crippen molar-refractivity contribution in [2.75, 3.05) is 10.6 Å². The minimum absolute atomic E-state index is 0.283. The zero-order chi connectivity index (χ0) is 21.2. The molecule has 2 aromatic rings. The van der Waals surface area contributed by atoms with Crippen molar-refractivity contribution in [3.05, 3.63) is 70.9 Å². The second kappa shape index (κ2) is 7.79. The Morgan fingerprint density at radius 2 is 1.55 bits per heavy atom. The number of cyclic esters (lactones) is 2. The Bertz CT molecular complexity index is 1000. The van der Waals surface area contributed by atoms with Gasteiger partial charge in [-0.05, 0) is 43.2 Å². The number of carbonyl (C=O) groups is 3. The summed E-state index contributed by atoms with van der Waals surface area (Å²) < 4.78 is 10.1. The number of benzene rings is 2. The molecule has 2 aromatic carbocycles. The largest absolute Gasteiger partial charge is 0.419 e. The van der Waals surface area contributed by atoms with E-state index in [1.807, 2.05) is 32.0 Å². The van der Waals surface area contributed by atoms with Gasteiger partial charge in [0.2, 0.25) is 0 Å². The maximum Gasteiger partial charge on any atom is 0.350 e. The molecule has 1 heterocycles. The Balaban J connectivity index is 1.82. The van der Waals surface area contributed by atoms with E-state index in [0.29, 0.717) is 16.9 Å². The lowest BCUT2D eigenvalue weighted by atomic mass is 10.1. The van der Waals surface area contributed by atoms with E-state index in [4.69, 9.17) is 9.47 Å². The van der Waals surface area contributed by atoms with Crippen molar-refractivity contribution in [2.24, 2.45) is 0 Å². The first kappa shape index (κ1) is 20.1. The van der Waals surface area contributed by atoms with Gasteiger partial charge < -0.3 is 20.1 Å². The molecule has 0 atom stereocenters. The molecule has 3 rings (SSSR count). The highest BCUT2D eigenvalue weighted by molar-refractivity contribution is 6.15. The van der Waals surface area contributed by atoms with Crippen LogP contribution in [0, 0.1) is 13.8 Å². The third kappa shape index (κ3) is 4.45. The molecule has 29 heavy (non-hydrogen) atoms. The normalized spacial score (nSPS) is 15.2. The molecular formula is C22H22N2O5. The quantitative estimate of drug-likeness (QED) is 0.467. The number of hydrogen-bond donors (Lipinski definition) is 2. The number of carbonyl (C=O) groups excluding carboxylic acids is 3. The highest BCUT2D eigenvalue weighted by atomic mass is 16.7. The predicted octanol–water partition coefficient (Wildman–Crippen LogP) is 3.69. The van der Waals surface area contributed by atoms with Gasteiger partial charge in [-0.3, -0.25) is 4.79 Å². The number of amides is 1. The average Bonchev–Trinajstić information content (AvgIpc) is 2.64. The average molecular weight is 394 g/mol. The Kier molecular flexibility index (Phi) is 5.41. The summed E-state index contributed by atoms with van der Waals surface area (Å²) in [6, 6.07) is 12.4. The maximum atomic E-state index is 12.8. The Labute approximate surface area is 168 Å². The fourth-order valence-electron chi connectivity index (χ4n) is 2.81. The van der Waals surface area contributed by atoms with Gasteiger partial charge in [0.15, 0.2) is 5.57 Å². The van der Waals surface area contributed by atoms with E-state index in [9.17, 15) is 14.4 Å². The topological polar surface area (TPSA) is 93.7 Å². The van der Waals surface area contributed by atoms with E-state index in [1.165, 1.54) is 20.0 Å². The number of anilines is 2. The third-order valence-electron chi connectivity index (χ3n) is 4.51. The predicted molar refractivity (Wildman–Crippen MR) is 108 cm³/mol. The van der Waals surface area contributed by atoms with Crippen molar-refractivity contribution in [2.45, 2.75) is 33.5 Å². The Morgan fingerprint density at radius 3 is 2.24 bits per heavy atom. The number of ether oxygens (including phenoxy) is 2. The van der Waals surface area contributed by atoms with Crippen LogP contribution in [0.4, 0.5) is 11.4 Å². The summed E-state index contributed by atoms with van der Waals surface area (Å²) in [6.07, 6.45) is 1.18. The van der Waals surface area contributed by atoms with Crippen LogP contribution in [0.25, 0.3) is 0 Å². The van der Waals surface area contributed by atoms with Gasteiger partial charge in [-0.1, -0.05) is 24.3 Å². The molecule has 150 valence electrons. The summed E-state index contributed by atoms with van der Waals surface area (Å²) in [7, 11) is 0. The maximum absolute atomic E-state index is 12.8. The molecule has 0 bridgehead atoms. The Hall–Kier alpha value is -3.61. The molecule has 2 N–H and O–H groups in total. The highest BCUT2D eigenvalue weighted by Crippen LogP contribution is 2.24. The molecule has 7 heteroatoms. The summed E-state index contributed by atoms with van der Waals surface area (Å²) in [5.41, 5.74) is 3.25. The monoisotopic (exact) mass is 394 g/mol. The van der Waals surface area contributed by atoms with Crippen LogP contribution in [0.3, 0.4) is 0 Å². The van der Waals surface area contributed by atoms with Gasteiger partial charge >= 0.3 is 11.9 Å². The van der Waals surface area contributed by atoms with Gasteiger partial charge in [0.05, 0.1) is 11.3 Å². The molecule has 1 saturated heterocycles. The molecule has 1 aliphatic rings. The number of nitrogens with one attached hydrogen (secondary N) is 2. The smallest absolute Gasteiger partial charge is 0.350 e. The second-order valence-corrected chi connectivity index (χ2v) is 7.13. The van der Waals surface area contributed by atoms with Crippen LogP contribution in [-0.2, 0) is 19.1 Å². The molecule has 1 fully saturated rings. The van der Waals surface area contributed by atoms with Crippen LogP contribution in [0.5, 0.6) is 0 Å². The van der Waals surface area contributed by atoms with Crippen molar-refractivity contribution >= 4 is 29.2 Å². The van der Waals surface area contributed by atoms with Gasteiger partial charge in [-0.15, -0.1) is 0 Å². The lowest BCUT2D eigenvalue weighted by Gasteiger charge is -2.29. The number of aryl methyl sites for hydroxylation is 1. The van der Waals surface area contributed by atoms with E-state index >= 15 is 0 Å².